The Hall–Kier alpha value is -2.17. The fourth-order valence-electron chi connectivity index (χ4n) is 5.78. The molecule has 4 bridgehead atoms. The Kier molecular flexibility index (Phi) is 3.27. The summed E-state index contributed by atoms with van der Waals surface area (Å²) in [7, 11) is 0. The van der Waals surface area contributed by atoms with E-state index in [0.29, 0.717) is 11.4 Å². The van der Waals surface area contributed by atoms with E-state index in [-0.39, 0.29) is 17.3 Å². The zero-order valence-corrected chi connectivity index (χ0v) is 14.1. The lowest BCUT2D eigenvalue weighted by molar-refractivity contribution is -0.0167. The molecule has 4 aliphatic carbocycles. The second kappa shape index (κ2) is 5.41. The summed E-state index contributed by atoms with van der Waals surface area (Å²) in [5.41, 5.74) is 1.93. The molecule has 1 amide bonds. The molecule has 0 aliphatic heterocycles. The van der Waals surface area contributed by atoms with Gasteiger partial charge in [-0.2, -0.15) is 5.10 Å². The lowest BCUT2D eigenvalue weighted by atomic mass is 9.53. The standard InChI is InChI=1S/C20H22FN3O/c21-16-3-1-15(2-4-16)17-8-18(24-23-17)19(25)22-20-9-12-5-13(10-20)7-14(6-12)11-20/h1-4,8,12-14H,5-7,9-11H2,(H,22,25)(H,23,24). The van der Waals surface area contributed by atoms with Crippen LogP contribution < -0.4 is 5.32 Å². The monoisotopic (exact) mass is 339 g/mol. The molecule has 1 aromatic heterocycles. The smallest absolute Gasteiger partial charge is 0.269 e. The van der Waals surface area contributed by atoms with E-state index >= 15 is 0 Å². The molecule has 4 saturated carbocycles. The third-order valence-electron chi connectivity index (χ3n) is 6.38. The third-order valence-corrected chi connectivity index (χ3v) is 6.38. The van der Waals surface area contributed by atoms with Gasteiger partial charge >= 0.3 is 0 Å². The number of nitrogens with one attached hydrogen (secondary N) is 2. The predicted octanol–water partition coefficient (Wildman–Crippen LogP) is 3.91. The number of aromatic amines is 1. The third kappa shape index (κ3) is 2.66. The molecule has 6 rings (SSSR count). The highest BCUT2D eigenvalue weighted by molar-refractivity contribution is 5.93. The number of rotatable bonds is 3. The molecule has 2 N–H and O–H groups in total. The summed E-state index contributed by atoms with van der Waals surface area (Å²) in [6, 6.07) is 7.90. The second-order valence-electron chi connectivity index (χ2n) is 8.33. The van der Waals surface area contributed by atoms with Crippen LogP contribution in [-0.2, 0) is 0 Å². The largest absolute Gasteiger partial charge is 0.345 e. The summed E-state index contributed by atoms with van der Waals surface area (Å²) in [6.07, 6.45) is 7.45. The molecular weight excluding hydrogens is 317 g/mol. The van der Waals surface area contributed by atoms with Gasteiger partial charge in [0.25, 0.3) is 5.91 Å². The van der Waals surface area contributed by atoms with Crippen molar-refractivity contribution in [2.45, 2.75) is 44.1 Å². The van der Waals surface area contributed by atoms with Crippen molar-refractivity contribution in [3.05, 3.63) is 41.8 Å². The van der Waals surface area contributed by atoms with Crippen LogP contribution in [0.2, 0.25) is 0 Å². The van der Waals surface area contributed by atoms with Crippen LogP contribution in [0.3, 0.4) is 0 Å². The van der Waals surface area contributed by atoms with Crippen molar-refractivity contribution in [3.8, 4) is 11.3 Å². The van der Waals surface area contributed by atoms with Crippen LogP contribution in [0.15, 0.2) is 30.3 Å². The van der Waals surface area contributed by atoms with Crippen LogP contribution in [0.4, 0.5) is 4.39 Å². The lowest BCUT2D eigenvalue weighted by Gasteiger charge is -2.56. The van der Waals surface area contributed by atoms with Gasteiger partial charge in [-0.15, -0.1) is 0 Å². The zero-order valence-electron chi connectivity index (χ0n) is 14.1. The van der Waals surface area contributed by atoms with Crippen LogP contribution >= 0.6 is 0 Å². The van der Waals surface area contributed by atoms with E-state index in [1.54, 1.807) is 18.2 Å². The summed E-state index contributed by atoms with van der Waals surface area (Å²) >= 11 is 0. The Balaban J connectivity index is 1.34. The summed E-state index contributed by atoms with van der Waals surface area (Å²) < 4.78 is 13.1. The minimum atomic E-state index is -0.279. The highest BCUT2D eigenvalue weighted by atomic mass is 19.1. The first kappa shape index (κ1) is 15.1. The topological polar surface area (TPSA) is 57.8 Å². The molecule has 2 aromatic rings. The second-order valence-corrected chi connectivity index (χ2v) is 8.33. The van der Waals surface area contributed by atoms with Gasteiger partial charge < -0.3 is 5.32 Å². The van der Waals surface area contributed by atoms with Crippen LogP contribution in [-0.4, -0.2) is 21.6 Å². The molecule has 0 atom stereocenters. The molecule has 1 heterocycles. The van der Waals surface area contributed by atoms with Crippen LogP contribution in [0.5, 0.6) is 0 Å². The van der Waals surface area contributed by atoms with Crippen molar-refractivity contribution in [2.75, 3.05) is 0 Å². The van der Waals surface area contributed by atoms with Crippen molar-refractivity contribution < 1.29 is 9.18 Å². The number of halogens is 1. The normalized spacial score (nSPS) is 32.8. The maximum absolute atomic E-state index is 13.1. The van der Waals surface area contributed by atoms with Gasteiger partial charge in [-0.1, -0.05) is 0 Å². The van der Waals surface area contributed by atoms with E-state index in [1.807, 2.05) is 0 Å². The van der Waals surface area contributed by atoms with E-state index in [4.69, 9.17) is 0 Å². The van der Waals surface area contributed by atoms with Crippen molar-refractivity contribution >= 4 is 5.91 Å². The first-order chi connectivity index (χ1) is 12.1. The predicted molar refractivity (Wildman–Crippen MR) is 92.4 cm³/mol. The van der Waals surface area contributed by atoms with E-state index in [9.17, 15) is 9.18 Å². The van der Waals surface area contributed by atoms with Crippen molar-refractivity contribution in [3.63, 3.8) is 0 Å². The summed E-state index contributed by atoms with van der Waals surface area (Å²) in [5.74, 6) is 2.04. The molecule has 4 nitrogen and oxygen atoms in total. The number of H-pyrrole nitrogens is 1. The van der Waals surface area contributed by atoms with E-state index in [1.165, 1.54) is 31.4 Å². The quantitative estimate of drug-likeness (QED) is 0.890. The molecule has 0 radical (unpaired) electrons. The maximum Gasteiger partial charge on any atom is 0.269 e. The van der Waals surface area contributed by atoms with Crippen LogP contribution in [0, 0.1) is 23.6 Å². The summed E-state index contributed by atoms with van der Waals surface area (Å²) in [5, 5.41) is 10.4. The number of benzene rings is 1. The van der Waals surface area contributed by atoms with Gasteiger partial charge in [-0.25, -0.2) is 4.39 Å². The van der Waals surface area contributed by atoms with Crippen LogP contribution in [0.25, 0.3) is 11.3 Å². The SMILES string of the molecule is O=C(NC12CC3CC(CC(C3)C1)C2)c1cc(-c2ccc(F)cc2)n[nH]1. The van der Waals surface area contributed by atoms with Gasteiger partial charge in [0.05, 0.1) is 5.69 Å². The van der Waals surface area contributed by atoms with Gasteiger partial charge in [-0.3, -0.25) is 9.89 Å². The highest BCUT2D eigenvalue weighted by Crippen LogP contribution is 2.55. The van der Waals surface area contributed by atoms with Gasteiger partial charge in [0.15, 0.2) is 0 Å². The minimum absolute atomic E-state index is 0.00696. The molecule has 5 heteroatoms. The lowest BCUT2D eigenvalue weighted by Crippen LogP contribution is -2.59. The van der Waals surface area contributed by atoms with E-state index < -0.39 is 0 Å². The molecule has 25 heavy (non-hydrogen) atoms. The fourth-order valence-corrected chi connectivity index (χ4v) is 5.78. The number of carbonyl (C=O) groups is 1. The first-order valence-corrected chi connectivity index (χ1v) is 9.22. The average molecular weight is 339 g/mol. The summed E-state index contributed by atoms with van der Waals surface area (Å²) in [6.45, 7) is 0. The molecule has 1 aromatic carbocycles. The minimum Gasteiger partial charge on any atom is -0.345 e. The molecular formula is C20H22FN3O. The number of amides is 1. The molecule has 0 saturated heterocycles. The van der Waals surface area contributed by atoms with Crippen molar-refractivity contribution in [2.24, 2.45) is 17.8 Å². The number of aromatic nitrogens is 2. The number of carbonyl (C=O) groups excluding carboxylic acids is 1. The zero-order chi connectivity index (χ0) is 17.0. The molecule has 0 spiro atoms. The molecule has 0 unspecified atom stereocenters. The van der Waals surface area contributed by atoms with Crippen molar-refractivity contribution in [1.29, 1.82) is 0 Å². The average Bonchev–Trinajstić information content (AvgIpc) is 3.04. The number of hydrogen-bond donors (Lipinski definition) is 2. The molecule has 4 aliphatic rings. The Morgan fingerprint density at radius 1 is 1.08 bits per heavy atom. The number of nitrogens with zero attached hydrogens (tertiary/aromatic N) is 1. The Morgan fingerprint density at radius 3 is 2.28 bits per heavy atom. The Bertz CT molecular complexity index is 775. The Morgan fingerprint density at radius 2 is 1.68 bits per heavy atom. The van der Waals surface area contributed by atoms with E-state index in [2.05, 4.69) is 15.5 Å². The fraction of sp³-hybridized carbons (Fsp3) is 0.500. The highest BCUT2D eigenvalue weighted by Gasteiger charge is 2.51. The van der Waals surface area contributed by atoms with Gasteiger partial charge in [0.2, 0.25) is 0 Å². The van der Waals surface area contributed by atoms with Crippen LogP contribution in [0.1, 0.15) is 49.0 Å². The molecule has 4 fully saturated rings. The van der Waals surface area contributed by atoms with Crippen molar-refractivity contribution in [1.82, 2.24) is 15.5 Å². The Labute approximate surface area is 146 Å². The van der Waals surface area contributed by atoms with E-state index in [0.717, 1.165) is 42.6 Å². The van der Waals surface area contributed by atoms with Gasteiger partial charge in [-0.05, 0) is 86.6 Å². The number of hydrogen-bond acceptors (Lipinski definition) is 2. The first-order valence-electron chi connectivity index (χ1n) is 9.22. The maximum atomic E-state index is 13.1. The van der Waals surface area contributed by atoms with Gasteiger partial charge in [0.1, 0.15) is 11.5 Å². The summed E-state index contributed by atoms with van der Waals surface area (Å²) in [4.78, 5) is 12.8. The van der Waals surface area contributed by atoms with Gasteiger partial charge in [0, 0.05) is 11.1 Å². The molecule has 130 valence electrons.